The molecule has 0 aliphatic carbocycles. The van der Waals surface area contributed by atoms with E-state index in [1.165, 1.54) is 24.3 Å². The van der Waals surface area contributed by atoms with Crippen LogP contribution in [0.5, 0.6) is 0 Å². The van der Waals surface area contributed by atoms with Crippen molar-refractivity contribution in [3.8, 4) is 0 Å². The molecule has 0 spiro atoms. The number of imide groups is 1. The molecule has 0 aromatic heterocycles. The summed E-state index contributed by atoms with van der Waals surface area (Å²) in [7, 11) is 0. The number of hydrogen-bond donors (Lipinski definition) is 1. The molecule has 1 aliphatic heterocycles. The summed E-state index contributed by atoms with van der Waals surface area (Å²) >= 11 is 6.17. The molecule has 1 aliphatic rings. The van der Waals surface area contributed by atoms with Crippen molar-refractivity contribution >= 4 is 40.8 Å². The van der Waals surface area contributed by atoms with Crippen molar-refractivity contribution in [1.29, 1.82) is 0 Å². The van der Waals surface area contributed by atoms with Crippen LogP contribution in [0.2, 0.25) is 0 Å². The summed E-state index contributed by atoms with van der Waals surface area (Å²) in [5.41, 5.74) is 3.39. The Labute approximate surface area is 174 Å². The molecule has 0 fully saturated rings. The zero-order valence-electron chi connectivity index (χ0n) is 16.4. The topological polar surface area (TPSA) is 75.7 Å². The molecule has 0 bridgehead atoms. The fraction of sp³-hybridized carbons (Fsp3) is 0.227. The van der Waals surface area contributed by atoms with Crippen molar-refractivity contribution in [2.45, 2.75) is 27.2 Å². The lowest BCUT2D eigenvalue weighted by Gasteiger charge is -2.15. The fourth-order valence-corrected chi connectivity index (χ4v) is 3.27. The van der Waals surface area contributed by atoms with Gasteiger partial charge in [0.2, 0.25) is 0 Å². The predicted octanol–water partition coefficient (Wildman–Crippen LogP) is 4.31. The first-order valence-corrected chi connectivity index (χ1v) is 9.60. The summed E-state index contributed by atoms with van der Waals surface area (Å²) in [6, 6.07) is 11.8. The minimum absolute atomic E-state index is 0.0214. The number of aryl methyl sites for hydroxylation is 2. The van der Waals surface area contributed by atoms with Gasteiger partial charge in [-0.15, -0.1) is 0 Å². The number of nitrogens with one attached hydrogen (secondary N) is 1. The number of anilines is 2. The number of esters is 1. The van der Waals surface area contributed by atoms with Gasteiger partial charge in [-0.05, 0) is 67.8 Å². The zero-order chi connectivity index (χ0) is 21.1. The van der Waals surface area contributed by atoms with E-state index in [1.807, 2.05) is 39.0 Å². The zero-order valence-corrected chi connectivity index (χ0v) is 17.2. The van der Waals surface area contributed by atoms with Crippen LogP contribution in [0.25, 0.3) is 0 Å². The van der Waals surface area contributed by atoms with Crippen molar-refractivity contribution in [2.75, 3.05) is 16.8 Å². The van der Waals surface area contributed by atoms with Gasteiger partial charge in [0.15, 0.2) is 0 Å². The molecular formula is C22H21ClN2O4. The second-order valence-corrected chi connectivity index (χ2v) is 7.20. The first-order chi connectivity index (χ1) is 13.8. The van der Waals surface area contributed by atoms with Crippen LogP contribution < -0.4 is 10.2 Å². The second kappa shape index (κ2) is 8.49. The third kappa shape index (κ3) is 4.32. The maximum Gasteiger partial charge on any atom is 0.338 e. The Balaban J connectivity index is 1.81. The van der Waals surface area contributed by atoms with Crippen molar-refractivity contribution in [2.24, 2.45) is 0 Å². The van der Waals surface area contributed by atoms with E-state index in [0.717, 1.165) is 22.4 Å². The Bertz CT molecular complexity index is 992. The van der Waals surface area contributed by atoms with E-state index >= 15 is 0 Å². The van der Waals surface area contributed by atoms with E-state index in [-0.39, 0.29) is 10.7 Å². The van der Waals surface area contributed by atoms with Crippen LogP contribution in [0.4, 0.5) is 11.4 Å². The van der Waals surface area contributed by atoms with Gasteiger partial charge in [-0.1, -0.05) is 24.6 Å². The molecule has 0 radical (unpaired) electrons. The van der Waals surface area contributed by atoms with Crippen molar-refractivity contribution < 1.29 is 19.1 Å². The molecule has 1 N–H and O–H groups in total. The van der Waals surface area contributed by atoms with E-state index in [9.17, 15) is 14.4 Å². The largest absolute Gasteiger partial charge is 0.462 e. The number of amides is 2. The number of halogens is 1. The van der Waals surface area contributed by atoms with Gasteiger partial charge in [0, 0.05) is 5.69 Å². The van der Waals surface area contributed by atoms with E-state index < -0.39 is 17.8 Å². The quantitative estimate of drug-likeness (QED) is 0.565. The van der Waals surface area contributed by atoms with E-state index in [0.29, 0.717) is 23.5 Å². The van der Waals surface area contributed by atoms with Gasteiger partial charge < -0.3 is 10.1 Å². The highest BCUT2D eigenvalue weighted by Gasteiger charge is 2.39. The molecule has 0 saturated carbocycles. The Hall–Kier alpha value is -3.12. The number of ether oxygens (including phenoxy) is 1. The summed E-state index contributed by atoms with van der Waals surface area (Å²) in [5.74, 6) is -1.63. The second-order valence-electron chi connectivity index (χ2n) is 6.82. The van der Waals surface area contributed by atoms with Gasteiger partial charge in [-0.25, -0.2) is 9.69 Å². The lowest BCUT2D eigenvalue weighted by Crippen LogP contribution is -2.32. The molecule has 2 amide bonds. The van der Waals surface area contributed by atoms with Crippen LogP contribution in [0, 0.1) is 13.8 Å². The monoisotopic (exact) mass is 412 g/mol. The molecule has 0 saturated heterocycles. The molecule has 150 valence electrons. The van der Waals surface area contributed by atoms with Crippen LogP contribution in [-0.2, 0) is 14.3 Å². The van der Waals surface area contributed by atoms with Crippen molar-refractivity contribution in [3.63, 3.8) is 0 Å². The average molecular weight is 413 g/mol. The highest BCUT2D eigenvalue weighted by molar-refractivity contribution is 6.53. The Morgan fingerprint density at radius 3 is 2.24 bits per heavy atom. The smallest absolute Gasteiger partial charge is 0.338 e. The van der Waals surface area contributed by atoms with Gasteiger partial charge in [-0.2, -0.15) is 0 Å². The third-order valence-electron chi connectivity index (χ3n) is 4.32. The van der Waals surface area contributed by atoms with Gasteiger partial charge in [0.1, 0.15) is 10.7 Å². The van der Waals surface area contributed by atoms with Crippen LogP contribution in [0.1, 0.15) is 34.8 Å². The summed E-state index contributed by atoms with van der Waals surface area (Å²) in [6.07, 6.45) is 0.723. The molecule has 3 rings (SSSR count). The Morgan fingerprint density at radius 2 is 1.66 bits per heavy atom. The highest BCUT2D eigenvalue weighted by Crippen LogP contribution is 2.30. The first kappa shape index (κ1) is 20.6. The number of benzene rings is 2. The number of hydrogen-bond acceptors (Lipinski definition) is 5. The summed E-state index contributed by atoms with van der Waals surface area (Å²) < 4.78 is 5.08. The Kier molecular flexibility index (Phi) is 6.03. The molecule has 7 heteroatoms. The molecule has 0 atom stereocenters. The van der Waals surface area contributed by atoms with E-state index in [4.69, 9.17) is 16.3 Å². The summed E-state index contributed by atoms with van der Waals surface area (Å²) in [5, 5.41) is 2.79. The number of carbonyl (C=O) groups is 3. The average Bonchev–Trinajstić information content (AvgIpc) is 2.89. The minimum atomic E-state index is -0.621. The lowest BCUT2D eigenvalue weighted by molar-refractivity contribution is -0.120. The standard InChI is InChI=1S/C22H21ClN2O4/c1-4-9-29-22(28)15-5-7-17(8-6-15)25-20(26)18(23)19(21(25)27)24-16-11-13(2)10-14(3)12-16/h5-8,10-12,24H,4,9H2,1-3H3. The van der Waals surface area contributed by atoms with E-state index in [2.05, 4.69) is 5.32 Å². The molecule has 2 aromatic carbocycles. The molecular weight excluding hydrogens is 392 g/mol. The highest BCUT2D eigenvalue weighted by atomic mass is 35.5. The van der Waals surface area contributed by atoms with Crippen molar-refractivity contribution in [1.82, 2.24) is 0 Å². The first-order valence-electron chi connectivity index (χ1n) is 9.23. The van der Waals surface area contributed by atoms with E-state index in [1.54, 1.807) is 0 Å². The van der Waals surface area contributed by atoms with Gasteiger partial charge >= 0.3 is 5.97 Å². The minimum Gasteiger partial charge on any atom is -0.462 e. The number of nitrogens with zero attached hydrogens (tertiary/aromatic N) is 1. The molecule has 1 heterocycles. The SMILES string of the molecule is CCCOC(=O)c1ccc(N2C(=O)C(Cl)=C(Nc3cc(C)cc(C)c3)C2=O)cc1. The normalized spacial score (nSPS) is 13.9. The van der Waals surface area contributed by atoms with Gasteiger partial charge in [-0.3, -0.25) is 9.59 Å². The lowest BCUT2D eigenvalue weighted by atomic mass is 10.1. The Morgan fingerprint density at radius 1 is 1.03 bits per heavy atom. The number of rotatable bonds is 6. The molecule has 2 aromatic rings. The van der Waals surface area contributed by atoms with Gasteiger partial charge in [0.05, 0.1) is 17.9 Å². The van der Waals surface area contributed by atoms with Gasteiger partial charge in [0.25, 0.3) is 11.8 Å². The van der Waals surface area contributed by atoms with Crippen LogP contribution in [0.3, 0.4) is 0 Å². The van der Waals surface area contributed by atoms with Crippen LogP contribution in [-0.4, -0.2) is 24.4 Å². The fourth-order valence-electron chi connectivity index (χ4n) is 3.06. The number of carbonyl (C=O) groups excluding carboxylic acids is 3. The maximum atomic E-state index is 12.9. The summed E-state index contributed by atoms with van der Waals surface area (Å²) in [6.45, 7) is 6.11. The summed E-state index contributed by atoms with van der Waals surface area (Å²) in [4.78, 5) is 38.4. The molecule has 0 unspecified atom stereocenters. The third-order valence-corrected chi connectivity index (χ3v) is 4.67. The van der Waals surface area contributed by atoms with Crippen molar-refractivity contribution in [3.05, 3.63) is 69.9 Å². The molecule has 6 nitrogen and oxygen atoms in total. The predicted molar refractivity (Wildman–Crippen MR) is 112 cm³/mol. The van der Waals surface area contributed by atoms with Crippen LogP contribution >= 0.6 is 11.6 Å². The van der Waals surface area contributed by atoms with Crippen LogP contribution in [0.15, 0.2) is 53.2 Å². The molecule has 29 heavy (non-hydrogen) atoms. The maximum absolute atomic E-state index is 12.9.